The number of hydrogen-bond acceptors (Lipinski definition) is 3. The molecule has 0 aliphatic carbocycles. The molecule has 6 heteroatoms. The maximum absolute atomic E-state index is 10.5. The van der Waals surface area contributed by atoms with Gasteiger partial charge in [0, 0.05) is 0 Å². The molecule has 0 amide bonds. The Morgan fingerprint density at radius 3 is 2.08 bits per heavy atom. The van der Waals surface area contributed by atoms with E-state index in [1.54, 1.807) is 6.07 Å². The van der Waals surface area contributed by atoms with Crippen LogP contribution in [0.5, 0.6) is 0 Å². The molecule has 1 aromatic carbocycles. The molecule has 0 saturated heterocycles. The Morgan fingerprint density at radius 1 is 1.25 bits per heavy atom. The second-order valence-electron chi connectivity index (χ2n) is 2.01. The molecule has 0 aliphatic heterocycles. The van der Waals surface area contributed by atoms with E-state index in [-0.39, 0.29) is 62.0 Å². The first-order chi connectivity index (χ1) is 5.02. The number of hydrogen-bond donors (Lipinski definition) is 2. The molecule has 0 atom stereocenters. The van der Waals surface area contributed by atoms with Crippen molar-refractivity contribution in [1.29, 1.82) is 0 Å². The van der Waals surface area contributed by atoms with E-state index in [2.05, 4.69) is 0 Å². The summed E-state index contributed by atoms with van der Waals surface area (Å²) in [6, 6.07) is 5.72. The van der Waals surface area contributed by atoms with Crippen LogP contribution in [0.25, 0.3) is 0 Å². The minimum absolute atomic E-state index is 0. The van der Waals surface area contributed by atoms with E-state index in [1.165, 1.54) is 18.2 Å². The van der Waals surface area contributed by atoms with E-state index in [9.17, 15) is 8.42 Å². The molecule has 0 aromatic heterocycles. The quantitative estimate of drug-likeness (QED) is 0.387. The van der Waals surface area contributed by atoms with Crippen molar-refractivity contribution in [1.82, 2.24) is 0 Å². The van der Waals surface area contributed by atoms with Crippen LogP contribution >= 0.6 is 0 Å². The van der Waals surface area contributed by atoms with Gasteiger partial charge in [-0.15, -0.1) is 0 Å². The molecule has 3 N–H and O–H groups in total. The third-order valence-electron chi connectivity index (χ3n) is 1.20. The number of anilines is 1. The predicted octanol–water partition coefficient (Wildman–Crippen LogP) is -0.133. The number of rotatable bonds is 1. The number of nitrogens with two attached hydrogens (primary N) is 1. The van der Waals surface area contributed by atoms with Gasteiger partial charge in [0.05, 0.1) is 5.69 Å². The zero-order chi connectivity index (χ0) is 8.48. The monoisotopic (exact) mass is 213 g/mol. The number of benzene rings is 1. The Labute approximate surface area is 113 Å². The Hall–Kier alpha value is 0.566. The average molecular weight is 213 g/mol. The summed E-state index contributed by atoms with van der Waals surface area (Å²) in [5, 5.41) is 0. The van der Waals surface area contributed by atoms with Crippen LogP contribution in [0.2, 0.25) is 0 Å². The Morgan fingerprint density at radius 2 is 1.75 bits per heavy atom. The van der Waals surface area contributed by atoms with Gasteiger partial charge in [-0.25, -0.2) is 0 Å². The van der Waals surface area contributed by atoms with Crippen LogP contribution in [0.15, 0.2) is 29.2 Å². The molecule has 62 valence electrons. The molecule has 0 unspecified atom stereocenters. The number of para-hydroxylation sites is 1. The van der Waals surface area contributed by atoms with E-state index < -0.39 is 10.1 Å². The average Bonchev–Trinajstić information content (AvgIpc) is 1.86. The molecule has 0 saturated carbocycles. The summed E-state index contributed by atoms with van der Waals surface area (Å²) in [5.74, 6) is 0. The summed E-state index contributed by atoms with van der Waals surface area (Å²) in [6.45, 7) is 0. The number of nitrogen functional groups attached to an aromatic ring is 1. The van der Waals surface area contributed by atoms with Crippen LogP contribution in [0, 0.1) is 0 Å². The molecule has 0 heterocycles. The van der Waals surface area contributed by atoms with E-state index >= 15 is 0 Å². The van der Waals surface area contributed by atoms with E-state index in [1.807, 2.05) is 0 Å². The van der Waals surface area contributed by atoms with E-state index in [4.69, 9.17) is 10.3 Å². The molecule has 1 rings (SSSR count). The van der Waals surface area contributed by atoms with Crippen LogP contribution in [0.1, 0.15) is 0 Å². The molecular weight excluding hydrogens is 205 g/mol. The van der Waals surface area contributed by atoms with Crippen molar-refractivity contribution in [3.63, 3.8) is 0 Å². The van der Waals surface area contributed by atoms with Crippen molar-refractivity contribution in [2.75, 3.05) is 5.73 Å². The van der Waals surface area contributed by atoms with Crippen molar-refractivity contribution < 1.29 is 13.0 Å². The van der Waals surface area contributed by atoms with E-state index in [0.717, 1.165) is 0 Å². The summed E-state index contributed by atoms with van der Waals surface area (Å²) in [6.07, 6.45) is 0. The minimum atomic E-state index is -4.16. The molecular formula is C6H8KNO3S. The zero-order valence-electron chi connectivity index (χ0n) is 5.56. The summed E-state index contributed by atoms with van der Waals surface area (Å²) < 4.78 is 29.6. The van der Waals surface area contributed by atoms with Crippen LogP contribution in [-0.2, 0) is 10.1 Å². The van der Waals surface area contributed by atoms with Crippen LogP contribution in [0.3, 0.4) is 0 Å². The van der Waals surface area contributed by atoms with Crippen molar-refractivity contribution in [2.24, 2.45) is 0 Å². The summed E-state index contributed by atoms with van der Waals surface area (Å²) in [7, 11) is -4.16. The van der Waals surface area contributed by atoms with Gasteiger partial charge < -0.3 is 5.73 Å². The van der Waals surface area contributed by atoms with Crippen LogP contribution in [-0.4, -0.2) is 64.4 Å². The summed E-state index contributed by atoms with van der Waals surface area (Å²) >= 11 is 0. The van der Waals surface area contributed by atoms with E-state index in [0.29, 0.717) is 0 Å². The molecule has 0 bridgehead atoms. The first kappa shape index (κ1) is 12.6. The SMILES string of the molecule is Nc1ccccc1S(=O)(=O)O.[KH]. The van der Waals surface area contributed by atoms with Gasteiger partial charge in [0.15, 0.2) is 0 Å². The third-order valence-corrected chi connectivity index (χ3v) is 2.12. The Bertz CT molecular complexity index is 363. The molecule has 12 heavy (non-hydrogen) atoms. The van der Waals surface area contributed by atoms with Gasteiger partial charge in [0.2, 0.25) is 0 Å². The molecule has 1 aromatic rings. The van der Waals surface area contributed by atoms with Crippen molar-refractivity contribution in [3.8, 4) is 0 Å². The predicted molar refractivity (Wildman–Crippen MR) is 47.8 cm³/mol. The normalized spacial score (nSPS) is 10.4. The fraction of sp³-hybridized carbons (Fsp3) is 0. The van der Waals surface area contributed by atoms with Crippen molar-refractivity contribution in [2.45, 2.75) is 4.90 Å². The molecule has 0 fully saturated rings. The Balaban J connectivity index is 0.00000121. The van der Waals surface area contributed by atoms with Gasteiger partial charge in [-0.05, 0) is 12.1 Å². The zero-order valence-corrected chi connectivity index (χ0v) is 6.38. The first-order valence-electron chi connectivity index (χ1n) is 2.84. The van der Waals surface area contributed by atoms with Crippen LogP contribution < -0.4 is 5.73 Å². The molecule has 0 spiro atoms. The van der Waals surface area contributed by atoms with Crippen molar-refractivity contribution in [3.05, 3.63) is 24.3 Å². The third kappa shape index (κ3) is 3.13. The molecule has 0 aliphatic rings. The van der Waals surface area contributed by atoms with Crippen LogP contribution in [0.4, 0.5) is 5.69 Å². The maximum atomic E-state index is 10.5. The standard InChI is InChI=1S/C6H7NO3S.K.H/c7-5-3-1-2-4-6(5)11(8,9)10;;/h1-4H,7H2,(H,8,9,10);;. The van der Waals surface area contributed by atoms with Gasteiger partial charge in [0.1, 0.15) is 4.90 Å². The van der Waals surface area contributed by atoms with Crippen molar-refractivity contribution >= 4 is 67.2 Å². The summed E-state index contributed by atoms with van der Waals surface area (Å²) in [4.78, 5) is -0.250. The second kappa shape index (κ2) is 4.71. The van der Waals surface area contributed by atoms with Gasteiger partial charge in [-0.3, -0.25) is 4.55 Å². The van der Waals surface area contributed by atoms with Gasteiger partial charge in [-0.1, -0.05) is 12.1 Å². The fourth-order valence-electron chi connectivity index (χ4n) is 0.715. The van der Waals surface area contributed by atoms with Gasteiger partial charge in [0.25, 0.3) is 10.1 Å². The van der Waals surface area contributed by atoms with Gasteiger partial charge in [-0.2, -0.15) is 8.42 Å². The molecule has 4 nitrogen and oxygen atoms in total. The Kier molecular flexibility index (Phi) is 4.93. The van der Waals surface area contributed by atoms with Gasteiger partial charge >= 0.3 is 51.4 Å². The second-order valence-corrected chi connectivity index (χ2v) is 3.40. The molecule has 0 radical (unpaired) electrons. The topological polar surface area (TPSA) is 80.4 Å². The fourth-order valence-corrected chi connectivity index (χ4v) is 1.33. The first-order valence-corrected chi connectivity index (χ1v) is 4.28. The summed E-state index contributed by atoms with van der Waals surface area (Å²) in [5.41, 5.74) is 5.32.